The van der Waals surface area contributed by atoms with E-state index in [1.54, 1.807) is 0 Å². The molecule has 11 heteroatoms. The summed E-state index contributed by atoms with van der Waals surface area (Å²) in [5.41, 5.74) is 1.74. The van der Waals surface area contributed by atoms with Crippen LogP contribution in [0.1, 0.15) is 63.4 Å². The second kappa shape index (κ2) is 17.2. The number of hydrogen-bond donors (Lipinski definition) is 1. The number of carbonyl (C=O) groups excluding carboxylic acids is 3. The van der Waals surface area contributed by atoms with Crippen LogP contribution in [-0.2, 0) is 54.1 Å². The van der Waals surface area contributed by atoms with Crippen molar-refractivity contribution >= 4 is 17.8 Å². The Balaban J connectivity index is 1.46. The summed E-state index contributed by atoms with van der Waals surface area (Å²) in [7, 11) is 1.37. The van der Waals surface area contributed by atoms with Crippen molar-refractivity contribution in [1.29, 1.82) is 0 Å². The van der Waals surface area contributed by atoms with Crippen LogP contribution in [0.4, 0.5) is 0 Å². The van der Waals surface area contributed by atoms with Gasteiger partial charge in [0.2, 0.25) is 5.91 Å². The topological polar surface area (TPSA) is 128 Å². The number of nitrogens with one attached hydrogen (secondary N) is 1. The van der Waals surface area contributed by atoms with Crippen molar-refractivity contribution in [2.45, 2.75) is 95.6 Å². The number of benzene rings is 2. The minimum absolute atomic E-state index is 0.215. The van der Waals surface area contributed by atoms with Crippen LogP contribution in [0.25, 0.3) is 0 Å². The number of amides is 1. The van der Waals surface area contributed by atoms with Gasteiger partial charge in [-0.3, -0.25) is 14.4 Å². The van der Waals surface area contributed by atoms with E-state index in [0.717, 1.165) is 17.5 Å². The molecule has 0 aromatic heterocycles. The predicted molar refractivity (Wildman–Crippen MR) is 158 cm³/mol. The fourth-order valence-corrected chi connectivity index (χ4v) is 5.24. The van der Waals surface area contributed by atoms with E-state index in [1.165, 1.54) is 14.0 Å². The Bertz CT molecular complexity index is 1180. The molecule has 1 N–H and O–H groups in total. The van der Waals surface area contributed by atoms with Crippen molar-refractivity contribution in [3.8, 4) is 0 Å². The second-order valence-corrected chi connectivity index (χ2v) is 10.9. The third kappa shape index (κ3) is 9.83. The Morgan fingerprint density at radius 2 is 1.64 bits per heavy atom. The summed E-state index contributed by atoms with van der Waals surface area (Å²) < 4.78 is 40.9. The van der Waals surface area contributed by atoms with E-state index in [2.05, 4.69) is 10.1 Å². The minimum Gasteiger partial charge on any atom is -0.469 e. The Hall–Kier alpha value is -3.35. The summed E-state index contributed by atoms with van der Waals surface area (Å²) in [4.78, 5) is 37.2. The van der Waals surface area contributed by atoms with Crippen molar-refractivity contribution in [2.24, 2.45) is 0 Å². The van der Waals surface area contributed by atoms with Crippen LogP contribution in [-0.4, -0.2) is 74.9 Å². The van der Waals surface area contributed by atoms with Crippen molar-refractivity contribution in [1.82, 2.24) is 5.32 Å². The highest BCUT2D eigenvalue weighted by Crippen LogP contribution is 2.30. The molecule has 1 amide bonds. The molecule has 0 bridgehead atoms. The Morgan fingerprint density at radius 3 is 2.34 bits per heavy atom. The van der Waals surface area contributed by atoms with Gasteiger partial charge in [-0.25, -0.2) is 0 Å². The van der Waals surface area contributed by atoms with Gasteiger partial charge in [-0.05, 0) is 25.3 Å². The van der Waals surface area contributed by atoms with Gasteiger partial charge in [-0.2, -0.15) is 0 Å². The number of esters is 2. The van der Waals surface area contributed by atoms with E-state index in [4.69, 9.17) is 28.4 Å². The lowest BCUT2D eigenvalue weighted by molar-refractivity contribution is -0.285. The maximum absolute atomic E-state index is 13.6. The number of unbranched alkanes of at least 4 members (excludes halogenated alkanes) is 2. The van der Waals surface area contributed by atoms with E-state index >= 15 is 0 Å². The average molecular weight is 614 g/mol. The number of rotatable bonds is 14. The molecule has 240 valence electrons. The van der Waals surface area contributed by atoms with Gasteiger partial charge in [0.1, 0.15) is 12.2 Å². The number of methoxy groups -OCH3 is 1. The third-order valence-electron chi connectivity index (χ3n) is 7.53. The van der Waals surface area contributed by atoms with Gasteiger partial charge in [0.05, 0.1) is 32.5 Å². The summed E-state index contributed by atoms with van der Waals surface area (Å²) in [6.07, 6.45) is -1.86. The first kappa shape index (κ1) is 33.5. The first-order valence-electron chi connectivity index (χ1n) is 15.1. The number of carbonyl (C=O) groups is 3. The van der Waals surface area contributed by atoms with Gasteiger partial charge >= 0.3 is 11.9 Å². The van der Waals surface area contributed by atoms with Crippen LogP contribution < -0.4 is 5.32 Å². The van der Waals surface area contributed by atoms with E-state index < -0.39 is 49.0 Å². The van der Waals surface area contributed by atoms with Gasteiger partial charge < -0.3 is 38.5 Å². The average Bonchev–Trinajstić information content (AvgIpc) is 3.04. The first-order valence-corrected chi connectivity index (χ1v) is 15.1. The second-order valence-electron chi connectivity index (χ2n) is 10.9. The van der Waals surface area contributed by atoms with E-state index in [1.807, 2.05) is 67.6 Å². The van der Waals surface area contributed by atoms with Crippen LogP contribution in [0.2, 0.25) is 0 Å². The highest BCUT2D eigenvalue weighted by atomic mass is 16.7. The van der Waals surface area contributed by atoms with Crippen LogP contribution >= 0.6 is 0 Å². The summed E-state index contributed by atoms with van der Waals surface area (Å²) in [6.45, 7) is 4.01. The molecule has 44 heavy (non-hydrogen) atoms. The molecule has 0 unspecified atom stereocenters. The SMILES string of the molecule is COC(=O)CCCCCO[C@H]1O[C@H](C)[C@@H](NC(=O)[C@H]2CCO[C@@H](c3ccccc3)O2)[C@H](OCc2ccccc2)[C@@H]1OC(C)=O. The maximum Gasteiger partial charge on any atom is 0.305 e. The smallest absolute Gasteiger partial charge is 0.305 e. The van der Waals surface area contributed by atoms with Crippen molar-refractivity contribution in [3.05, 3.63) is 71.8 Å². The summed E-state index contributed by atoms with van der Waals surface area (Å²) in [5.74, 6) is -1.12. The molecule has 2 aromatic rings. The zero-order chi connectivity index (χ0) is 31.3. The summed E-state index contributed by atoms with van der Waals surface area (Å²) in [5, 5.41) is 3.06. The van der Waals surface area contributed by atoms with Crippen molar-refractivity contribution < 1.29 is 47.5 Å². The third-order valence-corrected chi connectivity index (χ3v) is 7.53. The van der Waals surface area contributed by atoms with Gasteiger partial charge in [-0.1, -0.05) is 67.1 Å². The van der Waals surface area contributed by atoms with Crippen LogP contribution in [0.5, 0.6) is 0 Å². The molecule has 0 aliphatic carbocycles. The molecule has 2 aliphatic rings. The standard InChI is InChI=1S/C33H43NO10/c1-22-28(34-31(37)26-18-20-40-32(44-26)25-15-9-5-10-16-25)29(41-21-24-13-7-4-8-14-24)30(43-23(2)35)33(42-22)39-19-12-6-11-17-27(36)38-3/h4-5,7-10,13-16,22,26,28-30,32-33H,6,11-12,17-21H2,1-3H3,(H,34,37)/t22-,26-,28-,29+,30+,32-,33+/m1/s1. The minimum atomic E-state index is -0.958. The van der Waals surface area contributed by atoms with Crippen LogP contribution in [0.3, 0.4) is 0 Å². The van der Waals surface area contributed by atoms with Gasteiger partial charge in [-0.15, -0.1) is 0 Å². The lowest BCUT2D eigenvalue weighted by atomic mass is 9.95. The normalized spacial score (nSPS) is 26.8. The van der Waals surface area contributed by atoms with Crippen molar-refractivity contribution in [3.63, 3.8) is 0 Å². The maximum atomic E-state index is 13.6. The molecule has 0 radical (unpaired) electrons. The molecule has 2 heterocycles. The fourth-order valence-electron chi connectivity index (χ4n) is 5.24. The van der Waals surface area contributed by atoms with Crippen molar-refractivity contribution in [2.75, 3.05) is 20.3 Å². The van der Waals surface area contributed by atoms with E-state index in [-0.39, 0.29) is 18.5 Å². The molecule has 0 spiro atoms. The number of ether oxygens (including phenoxy) is 7. The lowest BCUT2D eigenvalue weighted by Gasteiger charge is -2.45. The highest BCUT2D eigenvalue weighted by Gasteiger charge is 2.49. The van der Waals surface area contributed by atoms with E-state index in [0.29, 0.717) is 38.9 Å². The quantitative estimate of drug-likeness (QED) is 0.247. The zero-order valence-electron chi connectivity index (χ0n) is 25.6. The molecule has 2 fully saturated rings. The van der Waals surface area contributed by atoms with Gasteiger partial charge in [0.15, 0.2) is 18.7 Å². The molecule has 2 aliphatic heterocycles. The van der Waals surface area contributed by atoms with Gasteiger partial charge in [0, 0.05) is 31.9 Å². The molecule has 2 aromatic carbocycles. The molecule has 0 saturated carbocycles. The summed E-state index contributed by atoms with van der Waals surface area (Å²) in [6, 6.07) is 18.4. The Labute approximate surface area is 258 Å². The van der Waals surface area contributed by atoms with Crippen LogP contribution in [0.15, 0.2) is 60.7 Å². The fraction of sp³-hybridized carbons (Fsp3) is 0.545. The first-order chi connectivity index (χ1) is 21.4. The molecular weight excluding hydrogens is 570 g/mol. The highest BCUT2D eigenvalue weighted by molar-refractivity contribution is 5.81. The number of hydrogen-bond acceptors (Lipinski definition) is 10. The van der Waals surface area contributed by atoms with E-state index in [9.17, 15) is 14.4 Å². The molecule has 2 saturated heterocycles. The zero-order valence-corrected chi connectivity index (χ0v) is 25.6. The molecule has 11 nitrogen and oxygen atoms in total. The van der Waals surface area contributed by atoms with Crippen LogP contribution in [0, 0.1) is 0 Å². The monoisotopic (exact) mass is 613 g/mol. The summed E-state index contributed by atoms with van der Waals surface area (Å²) >= 11 is 0. The largest absolute Gasteiger partial charge is 0.469 e. The molecular formula is C33H43NO10. The Morgan fingerprint density at radius 1 is 0.909 bits per heavy atom. The molecule has 7 atom stereocenters. The lowest BCUT2D eigenvalue weighted by Crippen LogP contribution is -2.65. The van der Waals surface area contributed by atoms with Gasteiger partial charge in [0.25, 0.3) is 0 Å². The predicted octanol–water partition coefficient (Wildman–Crippen LogP) is 3.99. The molecule has 4 rings (SSSR count). The Kier molecular flexibility index (Phi) is 13.1.